The van der Waals surface area contributed by atoms with Crippen molar-refractivity contribution in [1.29, 1.82) is 5.26 Å². The maximum absolute atomic E-state index is 15.5. The Bertz CT molecular complexity index is 1880. The molecule has 1 saturated heterocycles. The van der Waals surface area contributed by atoms with E-state index in [1.54, 1.807) is 42.5 Å². The predicted octanol–water partition coefficient (Wildman–Crippen LogP) is 6.30. The van der Waals surface area contributed by atoms with Gasteiger partial charge in [-0.25, -0.2) is 23.5 Å². The molecular formula is C33H26F2N4O4. The van der Waals surface area contributed by atoms with Crippen molar-refractivity contribution in [2.75, 3.05) is 6.61 Å². The van der Waals surface area contributed by atoms with Gasteiger partial charge in [-0.15, -0.1) is 0 Å². The molecule has 0 unspecified atom stereocenters. The molecular weight excluding hydrogens is 554 g/mol. The van der Waals surface area contributed by atoms with Crippen LogP contribution < -0.4 is 4.74 Å². The zero-order valence-corrected chi connectivity index (χ0v) is 23.0. The van der Waals surface area contributed by atoms with E-state index in [0.717, 1.165) is 18.9 Å². The zero-order chi connectivity index (χ0) is 29.9. The summed E-state index contributed by atoms with van der Waals surface area (Å²) in [6.45, 7) is 1.09. The number of aromatic nitrogens is 3. The van der Waals surface area contributed by atoms with Gasteiger partial charge in [-0.2, -0.15) is 5.26 Å². The molecule has 10 heteroatoms. The van der Waals surface area contributed by atoms with Gasteiger partial charge in [0.25, 0.3) is 0 Å². The quantitative estimate of drug-likeness (QED) is 0.218. The minimum absolute atomic E-state index is 0.0224. The van der Waals surface area contributed by atoms with Crippen molar-refractivity contribution in [2.24, 2.45) is 0 Å². The molecule has 43 heavy (non-hydrogen) atoms. The first-order valence-electron chi connectivity index (χ1n) is 13.8. The van der Waals surface area contributed by atoms with Crippen molar-refractivity contribution >= 4 is 17.0 Å². The molecule has 1 aliphatic rings. The Balaban J connectivity index is 1.23. The van der Waals surface area contributed by atoms with Crippen LogP contribution in [0, 0.1) is 23.0 Å². The summed E-state index contributed by atoms with van der Waals surface area (Å²) in [5, 5.41) is 18.4. The molecule has 3 heterocycles. The number of fused-ring (bicyclic) bond motifs is 1. The third kappa shape index (κ3) is 6.08. The van der Waals surface area contributed by atoms with Crippen LogP contribution in [-0.2, 0) is 24.3 Å². The lowest BCUT2D eigenvalue weighted by Gasteiger charge is -2.15. The smallest absolute Gasteiger partial charge is 0.335 e. The number of carboxylic acids is 1. The lowest BCUT2D eigenvalue weighted by Crippen LogP contribution is -2.17. The molecule has 1 fully saturated rings. The molecule has 0 saturated carbocycles. The molecule has 1 aliphatic heterocycles. The molecule has 0 aliphatic carbocycles. The first-order valence-corrected chi connectivity index (χ1v) is 13.8. The second-order valence-electron chi connectivity index (χ2n) is 10.3. The molecule has 6 rings (SSSR count). The van der Waals surface area contributed by atoms with Gasteiger partial charge in [0.2, 0.25) is 5.88 Å². The largest absolute Gasteiger partial charge is 0.478 e. The summed E-state index contributed by atoms with van der Waals surface area (Å²) in [4.78, 5) is 20.8. The fourth-order valence-corrected chi connectivity index (χ4v) is 5.20. The number of benzene rings is 3. The average Bonchev–Trinajstić information content (AvgIpc) is 3.65. The minimum Gasteiger partial charge on any atom is -0.478 e. The van der Waals surface area contributed by atoms with E-state index < -0.39 is 17.6 Å². The van der Waals surface area contributed by atoms with Crippen LogP contribution in [0.2, 0.25) is 0 Å². The lowest BCUT2D eigenvalue weighted by atomic mass is 10.1. The Morgan fingerprint density at radius 3 is 2.63 bits per heavy atom. The number of nitrogens with zero attached hydrogens (tertiary/aromatic N) is 4. The molecule has 8 nitrogen and oxygen atoms in total. The molecule has 1 N–H and O–H groups in total. The summed E-state index contributed by atoms with van der Waals surface area (Å²) < 4.78 is 43.2. The van der Waals surface area contributed by atoms with Crippen LogP contribution in [0.15, 0.2) is 72.8 Å². The number of halogens is 2. The van der Waals surface area contributed by atoms with Gasteiger partial charge in [0.1, 0.15) is 24.1 Å². The summed E-state index contributed by atoms with van der Waals surface area (Å²) in [5.74, 6) is -1.15. The van der Waals surface area contributed by atoms with Crippen molar-refractivity contribution in [3.05, 3.63) is 113 Å². The molecule has 1 atom stereocenters. The lowest BCUT2D eigenvalue weighted by molar-refractivity contribution is 0.0697. The van der Waals surface area contributed by atoms with Crippen LogP contribution in [0.3, 0.4) is 0 Å². The van der Waals surface area contributed by atoms with E-state index in [2.05, 4.69) is 4.98 Å². The zero-order valence-electron chi connectivity index (χ0n) is 23.0. The standard InChI is InChI=1S/C33H26F2N4O4/c34-26-13-20(17-36)6-7-24(26)19-43-32-5-1-4-28(38-32)22-9-8-21(27(35)14-22)16-31-37-29-11-10-23(33(40)41)15-30(29)39(31)18-25-3-2-12-42-25/h1,4-11,13-15,25H,2-3,12,16,18-19H2,(H,40,41)/t25-/m1/s1. The highest BCUT2D eigenvalue weighted by molar-refractivity contribution is 5.92. The first kappa shape index (κ1) is 28.0. The molecule has 5 aromatic rings. The predicted molar refractivity (Wildman–Crippen MR) is 154 cm³/mol. The van der Waals surface area contributed by atoms with E-state index in [4.69, 9.17) is 19.7 Å². The molecule has 2 aromatic heterocycles. The number of pyridine rings is 1. The molecule has 216 valence electrons. The van der Waals surface area contributed by atoms with E-state index in [9.17, 15) is 14.3 Å². The monoisotopic (exact) mass is 580 g/mol. The topological polar surface area (TPSA) is 110 Å². The van der Waals surface area contributed by atoms with Crippen LogP contribution in [0.25, 0.3) is 22.3 Å². The number of hydrogen-bond acceptors (Lipinski definition) is 6. The number of hydrogen-bond donors (Lipinski definition) is 1. The molecule has 0 bridgehead atoms. The Kier molecular flexibility index (Phi) is 7.81. The van der Waals surface area contributed by atoms with Crippen LogP contribution in [0.5, 0.6) is 5.88 Å². The summed E-state index contributed by atoms with van der Waals surface area (Å²) in [5.41, 5.74) is 3.41. The van der Waals surface area contributed by atoms with Crippen molar-refractivity contribution in [1.82, 2.24) is 14.5 Å². The number of imidazole rings is 1. The Morgan fingerprint density at radius 1 is 1.05 bits per heavy atom. The molecule has 3 aromatic carbocycles. The number of nitriles is 1. The summed E-state index contributed by atoms with van der Waals surface area (Å²) in [6, 6.07) is 20.8. The van der Waals surface area contributed by atoms with E-state index in [1.807, 2.05) is 10.6 Å². The third-order valence-corrected chi connectivity index (χ3v) is 7.46. The minimum atomic E-state index is -1.03. The van der Waals surface area contributed by atoms with Crippen LogP contribution in [0.4, 0.5) is 8.78 Å². The Hall–Kier alpha value is -5.14. The number of rotatable bonds is 9. The van der Waals surface area contributed by atoms with Gasteiger partial charge in [0, 0.05) is 30.2 Å². The number of aromatic carboxylic acids is 1. The Labute approximate surface area is 245 Å². The SMILES string of the molecule is N#Cc1ccc(COc2cccc(-c3ccc(Cc4nc5ccc(C(=O)O)cc5n4C[C@H]4CCCO4)c(F)c3)n2)c(F)c1. The van der Waals surface area contributed by atoms with Gasteiger partial charge in [-0.1, -0.05) is 24.3 Å². The second kappa shape index (κ2) is 12.0. The van der Waals surface area contributed by atoms with Crippen molar-refractivity contribution in [3.63, 3.8) is 0 Å². The molecule has 0 amide bonds. The normalized spacial score (nSPS) is 14.6. The van der Waals surface area contributed by atoms with E-state index in [1.165, 1.54) is 24.3 Å². The summed E-state index contributed by atoms with van der Waals surface area (Å²) in [7, 11) is 0. The molecule has 0 radical (unpaired) electrons. The summed E-state index contributed by atoms with van der Waals surface area (Å²) >= 11 is 0. The van der Waals surface area contributed by atoms with Crippen molar-refractivity contribution < 1.29 is 28.2 Å². The van der Waals surface area contributed by atoms with Crippen molar-refractivity contribution in [3.8, 4) is 23.2 Å². The molecule has 0 spiro atoms. The number of carboxylic acid groups (broad SMARTS) is 1. The van der Waals surface area contributed by atoms with Crippen molar-refractivity contribution in [2.45, 2.75) is 38.5 Å². The number of ether oxygens (including phenoxy) is 2. The van der Waals surface area contributed by atoms with E-state index in [0.29, 0.717) is 46.8 Å². The Morgan fingerprint density at radius 2 is 1.88 bits per heavy atom. The first-order chi connectivity index (χ1) is 20.9. The highest BCUT2D eigenvalue weighted by Crippen LogP contribution is 2.27. The van der Waals surface area contributed by atoms with Crippen LogP contribution >= 0.6 is 0 Å². The van der Waals surface area contributed by atoms with E-state index in [-0.39, 0.29) is 41.7 Å². The van der Waals surface area contributed by atoms with Gasteiger partial charge < -0.3 is 19.1 Å². The van der Waals surface area contributed by atoms with Gasteiger partial charge in [-0.3, -0.25) is 0 Å². The summed E-state index contributed by atoms with van der Waals surface area (Å²) in [6.07, 6.45) is 2.02. The highest BCUT2D eigenvalue weighted by atomic mass is 19.1. The second-order valence-corrected chi connectivity index (χ2v) is 10.3. The average molecular weight is 581 g/mol. The van der Waals surface area contributed by atoms with Gasteiger partial charge >= 0.3 is 5.97 Å². The highest BCUT2D eigenvalue weighted by Gasteiger charge is 2.22. The third-order valence-electron chi connectivity index (χ3n) is 7.46. The fourth-order valence-electron chi connectivity index (χ4n) is 5.20. The van der Waals surface area contributed by atoms with E-state index >= 15 is 4.39 Å². The van der Waals surface area contributed by atoms with Gasteiger partial charge in [0.05, 0.1) is 46.6 Å². The van der Waals surface area contributed by atoms with Gasteiger partial charge in [-0.05, 0) is 60.9 Å². The van der Waals surface area contributed by atoms with Crippen LogP contribution in [0.1, 0.15) is 45.7 Å². The maximum atomic E-state index is 15.5. The van der Waals surface area contributed by atoms with Gasteiger partial charge in [0.15, 0.2) is 0 Å². The van der Waals surface area contributed by atoms with Crippen LogP contribution in [-0.4, -0.2) is 38.3 Å². The number of carbonyl (C=O) groups is 1. The maximum Gasteiger partial charge on any atom is 0.335 e. The fraction of sp³-hybridized carbons (Fsp3) is 0.212.